The molecule has 0 amide bonds. The van der Waals surface area contributed by atoms with Crippen LogP contribution in [0, 0.1) is 0 Å². The zero-order valence-corrected chi connectivity index (χ0v) is 10.3. The van der Waals surface area contributed by atoms with Crippen molar-refractivity contribution in [1.82, 2.24) is 0 Å². The lowest BCUT2D eigenvalue weighted by atomic mass is 10.4. The molecule has 0 fully saturated rings. The van der Waals surface area contributed by atoms with Crippen LogP contribution in [0.5, 0.6) is 0 Å². The van der Waals surface area contributed by atoms with E-state index in [1.165, 1.54) is 10.4 Å². The molecule has 0 aliphatic carbocycles. The lowest BCUT2D eigenvalue weighted by Crippen LogP contribution is -2.52. The first-order chi connectivity index (χ1) is 7.21. The predicted molar refractivity (Wildman–Crippen MR) is 69.6 cm³/mol. The summed E-state index contributed by atoms with van der Waals surface area (Å²) >= 11 is 0. The van der Waals surface area contributed by atoms with Crippen LogP contribution >= 0.6 is 0 Å². The van der Waals surface area contributed by atoms with E-state index in [2.05, 4.69) is 73.8 Å². The number of hydrogen-bond donors (Lipinski definition) is 0. The van der Waals surface area contributed by atoms with Crippen LogP contribution in [0.3, 0.4) is 0 Å². The summed E-state index contributed by atoms with van der Waals surface area (Å²) in [6.07, 6.45) is 0. The van der Waals surface area contributed by atoms with E-state index in [4.69, 9.17) is 0 Å². The normalized spacial score (nSPS) is 11.3. The van der Waals surface area contributed by atoms with Crippen molar-refractivity contribution in [3.63, 3.8) is 0 Å². The molecule has 0 N–H and O–H groups in total. The minimum Gasteiger partial charge on any atom is -0.0626 e. The second kappa shape index (κ2) is 4.03. The molecule has 2 rings (SSSR count). The van der Waals surface area contributed by atoms with E-state index in [0.29, 0.717) is 0 Å². The fraction of sp³-hybridized carbons (Fsp3) is 0.143. The monoisotopic (exact) mass is 212 g/mol. The van der Waals surface area contributed by atoms with E-state index in [-0.39, 0.29) is 0 Å². The maximum atomic E-state index is 2.40. The van der Waals surface area contributed by atoms with E-state index < -0.39 is 8.07 Å². The van der Waals surface area contributed by atoms with Gasteiger partial charge in [0.05, 0.1) is 0 Å². The lowest BCUT2D eigenvalue weighted by Gasteiger charge is -2.23. The second-order valence-electron chi connectivity index (χ2n) is 4.36. The maximum Gasteiger partial charge on any atom is 0.112 e. The summed E-state index contributed by atoms with van der Waals surface area (Å²) in [7, 11) is -1.46. The molecule has 0 aliphatic rings. The van der Waals surface area contributed by atoms with Crippen LogP contribution in [-0.2, 0) is 0 Å². The smallest absolute Gasteiger partial charge is 0.0626 e. The van der Waals surface area contributed by atoms with Gasteiger partial charge in [0.25, 0.3) is 0 Å². The molecule has 15 heavy (non-hydrogen) atoms. The molecule has 0 nitrogen and oxygen atoms in total. The van der Waals surface area contributed by atoms with Crippen LogP contribution in [0.4, 0.5) is 0 Å². The van der Waals surface area contributed by atoms with Crippen LogP contribution in [0.2, 0.25) is 13.1 Å². The Morgan fingerprint density at radius 2 is 0.933 bits per heavy atom. The fourth-order valence-corrected chi connectivity index (χ4v) is 4.26. The van der Waals surface area contributed by atoms with Crippen molar-refractivity contribution in [2.24, 2.45) is 0 Å². The standard InChI is InChI=1S/C14H16Si/c1-15(2,13-9-5-3-6-10-13)14-11-7-4-8-12-14/h3-12H,1-2H3. The quantitative estimate of drug-likeness (QED) is 0.671. The van der Waals surface area contributed by atoms with Crippen LogP contribution < -0.4 is 10.4 Å². The SMILES string of the molecule is C[Si](C)(c1ccccc1)c1ccccc1. The van der Waals surface area contributed by atoms with Crippen molar-refractivity contribution in [3.8, 4) is 0 Å². The van der Waals surface area contributed by atoms with Gasteiger partial charge in [-0.2, -0.15) is 0 Å². The van der Waals surface area contributed by atoms with Gasteiger partial charge in [-0.15, -0.1) is 0 Å². The van der Waals surface area contributed by atoms with Crippen molar-refractivity contribution >= 4 is 18.4 Å². The zero-order chi connectivity index (χ0) is 10.7. The second-order valence-corrected chi connectivity index (χ2v) is 8.76. The van der Waals surface area contributed by atoms with E-state index >= 15 is 0 Å². The molecule has 0 heterocycles. The molecule has 0 saturated heterocycles. The Hall–Kier alpha value is -1.34. The molecule has 0 saturated carbocycles. The van der Waals surface area contributed by atoms with Crippen molar-refractivity contribution in [2.45, 2.75) is 13.1 Å². The Morgan fingerprint density at radius 3 is 1.27 bits per heavy atom. The van der Waals surface area contributed by atoms with Gasteiger partial charge in [0, 0.05) is 0 Å². The van der Waals surface area contributed by atoms with E-state index in [0.717, 1.165) is 0 Å². The third-order valence-corrected chi connectivity index (χ3v) is 6.54. The first-order valence-electron chi connectivity index (χ1n) is 5.32. The number of hydrogen-bond acceptors (Lipinski definition) is 0. The molecule has 0 radical (unpaired) electrons. The van der Waals surface area contributed by atoms with Crippen LogP contribution in [-0.4, -0.2) is 8.07 Å². The average Bonchev–Trinajstić information content (AvgIpc) is 2.31. The average molecular weight is 212 g/mol. The molecule has 0 atom stereocenters. The van der Waals surface area contributed by atoms with Crippen LogP contribution in [0.1, 0.15) is 0 Å². The summed E-state index contributed by atoms with van der Waals surface area (Å²) in [4.78, 5) is 0. The van der Waals surface area contributed by atoms with Crippen LogP contribution in [0.15, 0.2) is 60.7 Å². The van der Waals surface area contributed by atoms with Gasteiger partial charge in [0.2, 0.25) is 0 Å². The Labute approximate surface area is 92.6 Å². The Kier molecular flexibility index (Phi) is 2.74. The van der Waals surface area contributed by atoms with Gasteiger partial charge in [0.15, 0.2) is 0 Å². The molecule has 2 aromatic rings. The molecular weight excluding hydrogens is 196 g/mol. The maximum absolute atomic E-state index is 2.40. The first kappa shape index (κ1) is 10.2. The summed E-state index contributed by atoms with van der Waals surface area (Å²) in [6, 6.07) is 21.7. The highest BCUT2D eigenvalue weighted by Gasteiger charge is 2.24. The molecule has 76 valence electrons. The zero-order valence-electron chi connectivity index (χ0n) is 9.27. The van der Waals surface area contributed by atoms with Crippen LogP contribution in [0.25, 0.3) is 0 Å². The van der Waals surface area contributed by atoms with Crippen molar-refractivity contribution in [2.75, 3.05) is 0 Å². The number of rotatable bonds is 2. The Bertz CT molecular complexity index is 376. The highest BCUT2D eigenvalue weighted by atomic mass is 28.3. The minimum atomic E-state index is -1.46. The fourth-order valence-electron chi connectivity index (χ4n) is 1.88. The number of benzene rings is 2. The third-order valence-electron chi connectivity index (χ3n) is 2.99. The summed E-state index contributed by atoms with van der Waals surface area (Å²) in [6.45, 7) is 4.80. The van der Waals surface area contributed by atoms with Gasteiger partial charge in [-0.1, -0.05) is 84.1 Å². The third kappa shape index (κ3) is 2.02. The van der Waals surface area contributed by atoms with Gasteiger partial charge in [0.1, 0.15) is 8.07 Å². The highest BCUT2D eigenvalue weighted by Crippen LogP contribution is 2.03. The molecular formula is C14H16Si. The lowest BCUT2D eigenvalue weighted by molar-refractivity contribution is 1.67. The highest BCUT2D eigenvalue weighted by molar-refractivity contribution is 7.00. The van der Waals surface area contributed by atoms with Crippen molar-refractivity contribution in [3.05, 3.63) is 60.7 Å². The summed E-state index contributed by atoms with van der Waals surface area (Å²) in [5, 5.41) is 2.99. The Balaban J connectivity index is 2.44. The van der Waals surface area contributed by atoms with E-state index in [1.807, 2.05) is 0 Å². The topological polar surface area (TPSA) is 0 Å². The molecule has 0 bridgehead atoms. The Morgan fingerprint density at radius 1 is 0.600 bits per heavy atom. The molecule has 0 spiro atoms. The summed E-state index contributed by atoms with van der Waals surface area (Å²) in [5.41, 5.74) is 0. The van der Waals surface area contributed by atoms with E-state index in [9.17, 15) is 0 Å². The van der Waals surface area contributed by atoms with Crippen molar-refractivity contribution in [1.29, 1.82) is 0 Å². The van der Waals surface area contributed by atoms with Gasteiger partial charge in [-0.25, -0.2) is 0 Å². The van der Waals surface area contributed by atoms with Gasteiger partial charge < -0.3 is 0 Å². The summed E-state index contributed by atoms with van der Waals surface area (Å²) < 4.78 is 0. The first-order valence-corrected chi connectivity index (χ1v) is 8.32. The van der Waals surface area contributed by atoms with E-state index in [1.54, 1.807) is 0 Å². The molecule has 0 unspecified atom stereocenters. The predicted octanol–water partition coefficient (Wildman–Crippen LogP) is 2.51. The van der Waals surface area contributed by atoms with Gasteiger partial charge >= 0.3 is 0 Å². The molecule has 2 aromatic carbocycles. The largest absolute Gasteiger partial charge is 0.112 e. The van der Waals surface area contributed by atoms with Gasteiger partial charge in [-0.05, 0) is 0 Å². The summed E-state index contributed by atoms with van der Waals surface area (Å²) in [5.74, 6) is 0. The van der Waals surface area contributed by atoms with Crippen molar-refractivity contribution < 1.29 is 0 Å². The molecule has 1 heteroatoms. The van der Waals surface area contributed by atoms with Gasteiger partial charge in [-0.3, -0.25) is 0 Å². The minimum absolute atomic E-state index is 1.46. The molecule has 0 aromatic heterocycles. The molecule has 0 aliphatic heterocycles.